The Balaban J connectivity index is 3.61. The van der Waals surface area contributed by atoms with Crippen LogP contribution in [0.25, 0.3) is 0 Å². The van der Waals surface area contributed by atoms with Gasteiger partial charge in [-0.2, -0.15) is 0 Å². The van der Waals surface area contributed by atoms with Crippen molar-refractivity contribution in [3.05, 3.63) is 0 Å². The molecule has 8 N–H and O–H groups in total. The van der Waals surface area contributed by atoms with Gasteiger partial charge in [0.1, 0.15) is 0 Å². The summed E-state index contributed by atoms with van der Waals surface area (Å²) in [6, 6.07) is 0. The Morgan fingerprint density at radius 3 is 0.857 bits per heavy atom. The van der Waals surface area contributed by atoms with E-state index in [1.54, 1.807) is 0 Å². The lowest BCUT2D eigenvalue weighted by atomic mass is 10.3. The van der Waals surface area contributed by atoms with E-state index >= 15 is 0 Å². The summed E-state index contributed by atoms with van der Waals surface area (Å²) in [5.74, 6) is 0. The molecule has 14 heteroatoms. The van der Waals surface area contributed by atoms with Crippen LogP contribution in [-0.4, -0.2) is 92.6 Å². The van der Waals surface area contributed by atoms with Crippen molar-refractivity contribution >= 4 is 103 Å². The smallest absolute Gasteiger partial charge is 0.0776 e. The Morgan fingerprint density at radius 1 is 0.371 bits per heavy atom. The first-order valence-electron chi connectivity index (χ1n) is 11.6. The summed E-state index contributed by atoms with van der Waals surface area (Å²) >= 11 is 31.4. The number of rotatable bonds is 20. The van der Waals surface area contributed by atoms with Gasteiger partial charge in [0.25, 0.3) is 0 Å². The van der Waals surface area contributed by atoms with Crippen molar-refractivity contribution in [1.82, 2.24) is 31.9 Å². The Labute approximate surface area is 241 Å². The summed E-state index contributed by atoms with van der Waals surface area (Å²) in [6.07, 6.45) is 4.65. The molecule has 0 bridgehead atoms. The van der Waals surface area contributed by atoms with E-state index in [0.717, 1.165) is 39.5 Å². The van der Waals surface area contributed by atoms with Gasteiger partial charge in [-0.25, -0.2) is 0 Å². The van der Waals surface area contributed by atoms with E-state index in [-0.39, 0.29) is 13.2 Å². The van der Waals surface area contributed by atoms with E-state index in [0.29, 0.717) is 74.7 Å². The van der Waals surface area contributed by atoms with Crippen molar-refractivity contribution in [3.63, 3.8) is 0 Å². The molecule has 0 amide bonds. The molecule has 0 saturated carbocycles. The number of nitrogens with one attached hydrogen (secondary N) is 6. The first-order valence-corrected chi connectivity index (χ1v) is 14.0. The van der Waals surface area contributed by atoms with Crippen LogP contribution in [0.5, 0.6) is 0 Å². The third-order valence-corrected chi connectivity index (χ3v) is 6.46. The standard InChI is InChI=1S/C21H38N6O2S6/c28-14-6-20(34)26-12-4-18(32)24-10-2-16(30)22-8-1-9-23-17(31)3-11-25-19(33)5-13-27-21(35)7-15-29/h28-29H,1-15H2,(H,22,30)(H,23,31)(H,24,32)(H,25,33)(H,26,34)(H,27,35). The van der Waals surface area contributed by atoms with Gasteiger partial charge in [-0.05, 0) is 6.42 Å². The van der Waals surface area contributed by atoms with Crippen molar-refractivity contribution in [2.24, 2.45) is 0 Å². The minimum atomic E-state index is 0.0528. The molecule has 0 atom stereocenters. The van der Waals surface area contributed by atoms with Crippen molar-refractivity contribution in [2.75, 3.05) is 52.5 Å². The van der Waals surface area contributed by atoms with Gasteiger partial charge in [0.05, 0.1) is 29.9 Å². The van der Waals surface area contributed by atoms with Gasteiger partial charge in [-0.3, -0.25) is 0 Å². The van der Waals surface area contributed by atoms with Gasteiger partial charge >= 0.3 is 0 Å². The second-order valence-corrected chi connectivity index (χ2v) is 10.4. The fourth-order valence-electron chi connectivity index (χ4n) is 2.54. The van der Waals surface area contributed by atoms with E-state index in [2.05, 4.69) is 31.9 Å². The molecular weight excluding hydrogens is 561 g/mol. The molecule has 0 aliphatic carbocycles. The second-order valence-electron chi connectivity index (χ2n) is 7.40. The van der Waals surface area contributed by atoms with Gasteiger partial charge < -0.3 is 42.1 Å². The molecular formula is C21H38N6O2S6. The van der Waals surface area contributed by atoms with Crippen LogP contribution in [0.4, 0.5) is 0 Å². The van der Waals surface area contributed by atoms with Crippen LogP contribution in [0.1, 0.15) is 44.9 Å². The minimum absolute atomic E-state index is 0.0528. The third-order valence-electron chi connectivity index (χ3n) is 4.37. The molecule has 0 rings (SSSR count). The Bertz CT molecular complexity index is 639. The molecule has 0 aromatic rings. The maximum Gasteiger partial charge on any atom is 0.0776 e. The van der Waals surface area contributed by atoms with E-state index in [1.807, 2.05) is 0 Å². The van der Waals surface area contributed by atoms with Crippen LogP contribution in [0.3, 0.4) is 0 Å². The monoisotopic (exact) mass is 598 g/mol. The van der Waals surface area contributed by atoms with Crippen LogP contribution in [0.15, 0.2) is 0 Å². The summed E-state index contributed by atoms with van der Waals surface area (Å²) in [6.45, 7) is 4.35. The zero-order chi connectivity index (χ0) is 26.3. The topological polar surface area (TPSA) is 113 Å². The van der Waals surface area contributed by atoms with Crippen molar-refractivity contribution in [1.29, 1.82) is 0 Å². The first-order chi connectivity index (χ1) is 16.8. The van der Waals surface area contributed by atoms with Crippen LogP contribution in [0, 0.1) is 0 Å². The van der Waals surface area contributed by atoms with Crippen LogP contribution in [0.2, 0.25) is 0 Å². The largest absolute Gasteiger partial charge is 0.396 e. The van der Waals surface area contributed by atoms with Crippen molar-refractivity contribution < 1.29 is 10.2 Å². The fraction of sp³-hybridized carbons (Fsp3) is 0.714. The summed E-state index contributed by atoms with van der Waals surface area (Å²) in [7, 11) is 0. The van der Waals surface area contributed by atoms with E-state index < -0.39 is 0 Å². The molecule has 0 saturated heterocycles. The number of thiocarbonyl (C=S) groups is 6. The maximum atomic E-state index is 8.81. The number of aliphatic hydroxyl groups excluding tert-OH is 2. The van der Waals surface area contributed by atoms with Crippen LogP contribution in [-0.2, 0) is 0 Å². The quantitative estimate of drug-likeness (QED) is 0.0759. The average Bonchev–Trinajstić information content (AvgIpc) is 2.79. The van der Waals surface area contributed by atoms with Gasteiger partial charge in [-0.1, -0.05) is 73.3 Å². The average molecular weight is 599 g/mol. The first kappa shape index (κ1) is 34.3. The normalized spacial score (nSPS) is 10.1. The zero-order valence-corrected chi connectivity index (χ0v) is 24.8. The molecule has 35 heavy (non-hydrogen) atoms. The molecule has 0 aliphatic heterocycles. The maximum absolute atomic E-state index is 8.81. The van der Waals surface area contributed by atoms with E-state index in [1.165, 1.54) is 0 Å². The molecule has 200 valence electrons. The lowest BCUT2D eigenvalue weighted by Crippen LogP contribution is -2.33. The van der Waals surface area contributed by atoms with Crippen molar-refractivity contribution in [2.45, 2.75) is 44.9 Å². The molecule has 0 spiro atoms. The van der Waals surface area contributed by atoms with Gasteiger partial charge in [0.15, 0.2) is 0 Å². The van der Waals surface area contributed by atoms with E-state index in [9.17, 15) is 0 Å². The highest BCUT2D eigenvalue weighted by Gasteiger charge is 2.02. The Hall–Kier alpha value is -0.740. The second kappa shape index (κ2) is 23.6. The Morgan fingerprint density at radius 2 is 0.600 bits per heavy atom. The highest BCUT2D eigenvalue weighted by atomic mass is 32.1. The summed E-state index contributed by atoms with van der Waals surface area (Å²) < 4.78 is 0. The molecule has 0 radical (unpaired) electrons. The zero-order valence-electron chi connectivity index (χ0n) is 20.0. The fourth-order valence-corrected chi connectivity index (χ4v) is 3.74. The minimum Gasteiger partial charge on any atom is -0.396 e. The molecule has 0 aliphatic rings. The highest BCUT2D eigenvalue weighted by molar-refractivity contribution is 7.81. The van der Waals surface area contributed by atoms with Gasteiger partial charge in [0, 0.05) is 91.0 Å². The lowest BCUT2D eigenvalue weighted by Gasteiger charge is -2.12. The molecule has 0 heterocycles. The summed E-state index contributed by atoms with van der Waals surface area (Å²) in [5, 5.41) is 36.6. The van der Waals surface area contributed by atoms with Gasteiger partial charge in [-0.15, -0.1) is 0 Å². The molecule has 0 unspecified atom stereocenters. The summed E-state index contributed by atoms with van der Waals surface area (Å²) in [4.78, 5) is 4.43. The highest BCUT2D eigenvalue weighted by Crippen LogP contribution is 1.90. The predicted molar refractivity (Wildman–Crippen MR) is 170 cm³/mol. The van der Waals surface area contributed by atoms with Crippen LogP contribution < -0.4 is 31.9 Å². The number of hydrogen-bond donors (Lipinski definition) is 8. The predicted octanol–water partition coefficient (Wildman–Crippen LogP) is 1.20. The molecule has 0 aromatic heterocycles. The molecule has 0 fully saturated rings. The van der Waals surface area contributed by atoms with E-state index in [4.69, 9.17) is 83.5 Å². The SMILES string of the molecule is OCCC(=S)NCCC(=S)NCCC(=S)NCCCNC(=S)CCNC(=S)CCNC(=S)CCO. The molecule has 8 nitrogen and oxygen atoms in total. The summed E-state index contributed by atoms with van der Waals surface area (Å²) in [5.41, 5.74) is 0. The van der Waals surface area contributed by atoms with Crippen molar-refractivity contribution in [3.8, 4) is 0 Å². The molecule has 0 aromatic carbocycles. The third kappa shape index (κ3) is 23.4. The lowest BCUT2D eigenvalue weighted by molar-refractivity contribution is 0.306. The van der Waals surface area contributed by atoms with Crippen LogP contribution >= 0.6 is 73.3 Å². The number of aliphatic hydroxyl groups is 2. The number of hydrogen-bond acceptors (Lipinski definition) is 8. The van der Waals surface area contributed by atoms with Gasteiger partial charge in [0.2, 0.25) is 0 Å². The Kier molecular flexibility index (Phi) is 23.1.